The second kappa shape index (κ2) is 12.4. The Labute approximate surface area is 213 Å². The molecule has 0 saturated heterocycles. The topological polar surface area (TPSA) is 114 Å². The van der Waals surface area contributed by atoms with E-state index >= 15 is 0 Å². The van der Waals surface area contributed by atoms with E-state index in [0.29, 0.717) is 23.8 Å². The number of nitrogens with zero attached hydrogens (tertiary/aromatic N) is 1. The van der Waals surface area contributed by atoms with Crippen LogP contribution < -0.4 is 10.1 Å². The molecule has 1 heterocycles. The van der Waals surface area contributed by atoms with Crippen LogP contribution in [0.4, 0.5) is 0 Å². The third-order valence-corrected chi connectivity index (χ3v) is 9.36. The third kappa shape index (κ3) is 6.59. The highest BCUT2D eigenvalue weighted by molar-refractivity contribution is 7.89. The number of nitrogens with one attached hydrogen (secondary N) is 1. The summed E-state index contributed by atoms with van der Waals surface area (Å²) in [6.07, 6.45) is 9.77. The number of carbonyl (C=O) groups excluding carboxylic acids is 1. The molecule has 2 fully saturated rings. The van der Waals surface area contributed by atoms with E-state index in [-0.39, 0.29) is 49.1 Å². The first-order valence-electron chi connectivity index (χ1n) is 13.0. The smallest absolute Gasteiger partial charge is 0.286 e. The number of rotatable bonds is 12. The largest absolute Gasteiger partial charge is 0.497 e. The summed E-state index contributed by atoms with van der Waals surface area (Å²) in [5.41, 5.74) is 0. The van der Waals surface area contributed by atoms with Gasteiger partial charge in [-0.2, -0.15) is 4.31 Å². The standard InChI is InChI=1S/C26H38N2O7S/c1-33-22-9-11-23(12-10-22)36(31,32)28(13-15-29)14-16-34-25-18-20(19-5-2-3-6-19)17-24(35-25)26(30)27-21-7-4-8-21/h9-12,17,19-21,25,29H,2-8,13-16,18H2,1H3,(H,27,30)/t20-,25+/m1/s1. The number of amides is 1. The van der Waals surface area contributed by atoms with Crippen LogP contribution in [0.15, 0.2) is 41.0 Å². The van der Waals surface area contributed by atoms with Gasteiger partial charge in [-0.1, -0.05) is 12.8 Å². The number of hydrogen-bond donors (Lipinski definition) is 2. The fourth-order valence-corrected chi connectivity index (χ4v) is 6.53. The number of benzene rings is 1. The maximum Gasteiger partial charge on any atom is 0.286 e. The maximum absolute atomic E-state index is 13.1. The summed E-state index contributed by atoms with van der Waals surface area (Å²) in [4.78, 5) is 12.9. The van der Waals surface area contributed by atoms with Crippen molar-refractivity contribution in [3.63, 3.8) is 0 Å². The summed E-state index contributed by atoms with van der Waals surface area (Å²) in [5, 5.41) is 12.5. The maximum atomic E-state index is 13.1. The molecule has 1 aromatic rings. The van der Waals surface area contributed by atoms with E-state index in [4.69, 9.17) is 14.2 Å². The van der Waals surface area contributed by atoms with Crippen LogP contribution in [0.1, 0.15) is 51.4 Å². The average Bonchev–Trinajstić information content (AvgIpc) is 3.40. The second-order valence-electron chi connectivity index (χ2n) is 9.80. The van der Waals surface area contributed by atoms with E-state index in [1.54, 1.807) is 12.1 Å². The lowest BCUT2D eigenvalue weighted by Crippen LogP contribution is -2.43. The first kappa shape index (κ1) is 26.9. The quantitative estimate of drug-likeness (QED) is 0.434. The van der Waals surface area contributed by atoms with Crippen LogP contribution in [0.3, 0.4) is 0 Å². The molecule has 200 valence electrons. The molecule has 9 nitrogen and oxygen atoms in total. The van der Waals surface area contributed by atoms with Gasteiger partial charge in [-0.25, -0.2) is 8.42 Å². The van der Waals surface area contributed by atoms with Gasteiger partial charge in [-0.15, -0.1) is 0 Å². The van der Waals surface area contributed by atoms with Gasteiger partial charge >= 0.3 is 0 Å². The minimum Gasteiger partial charge on any atom is -0.497 e. The lowest BCUT2D eigenvalue weighted by Gasteiger charge is -2.33. The lowest BCUT2D eigenvalue weighted by molar-refractivity contribution is -0.151. The van der Waals surface area contributed by atoms with Crippen molar-refractivity contribution >= 4 is 15.9 Å². The first-order chi connectivity index (χ1) is 17.4. The first-order valence-corrected chi connectivity index (χ1v) is 14.4. The van der Waals surface area contributed by atoms with Gasteiger partial charge in [0.15, 0.2) is 5.76 Å². The van der Waals surface area contributed by atoms with Crippen LogP contribution in [-0.2, 0) is 24.3 Å². The molecule has 1 aliphatic heterocycles. The summed E-state index contributed by atoms with van der Waals surface area (Å²) in [6.45, 7) is -0.235. The van der Waals surface area contributed by atoms with Crippen LogP contribution in [-0.4, -0.2) is 69.5 Å². The predicted octanol–water partition coefficient (Wildman–Crippen LogP) is 2.80. The molecule has 0 unspecified atom stereocenters. The fraction of sp³-hybridized carbons (Fsp3) is 0.654. The van der Waals surface area contributed by atoms with Gasteiger partial charge in [0.2, 0.25) is 16.3 Å². The molecule has 1 aromatic carbocycles. The Balaban J connectivity index is 1.38. The molecule has 0 radical (unpaired) electrons. The van der Waals surface area contributed by atoms with E-state index in [2.05, 4.69) is 5.32 Å². The number of ether oxygens (including phenoxy) is 3. The van der Waals surface area contributed by atoms with Crippen molar-refractivity contribution in [3.8, 4) is 5.75 Å². The van der Waals surface area contributed by atoms with Gasteiger partial charge in [-0.05, 0) is 74.3 Å². The minimum absolute atomic E-state index is 0.0518. The molecule has 0 aromatic heterocycles. The normalized spacial score (nSPS) is 23.1. The molecule has 4 rings (SSSR count). The van der Waals surface area contributed by atoms with E-state index in [1.165, 1.54) is 36.4 Å². The summed E-state index contributed by atoms with van der Waals surface area (Å²) in [7, 11) is -2.31. The van der Waals surface area contributed by atoms with Crippen molar-refractivity contribution in [1.29, 1.82) is 0 Å². The van der Waals surface area contributed by atoms with Crippen molar-refractivity contribution in [2.75, 3.05) is 33.4 Å². The zero-order valence-electron chi connectivity index (χ0n) is 20.9. The van der Waals surface area contributed by atoms with E-state index in [1.807, 2.05) is 6.08 Å². The molecule has 3 aliphatic rings. The molecule has 2 aliphatic carbocycles. The molecular formula is C26H38N2O7S. The number of allylic oxidation sites excluding steroid dienone is 1. The summed E-state index contributed by atoms with van der Waals surface area (Å²) >= 11 is 0. The molecule has 1 amide bonds. The number of carbonyl (C=O) groups is 1. The van der Waals surface area contributed by atoms with Gasteiger partial charge in [0.05, 0.1) is 25.2 Å². The highest BCUT2D eigenvalue weighted by atomic mass is 32.2. The zero-order valence-corrected chi connectivity index (χ0v) is 21.8. The molecule has 2 N–H and O–H groups in total. The zero-order chi connectivity index (χ0) is 25.5. The second-order valence-corrected chi connectivity index (χ2v) is 11.7. The summed E-state index contributed by atoms with van der Waals surface area (Å²) in [5.74, 6) is 1.38. The Kier molecular flexibility index (Phi) is 9.27. The van der Waals surface area contributed by atoms with E-state index in [9.17, 15) is 18.3 Å². The Hall–Kier alpha value is -2.14. The molecule has 0 spiro atoms. The van der Waals surface area contributed by atoms with Crippen LogP contribution in [0.5, 0.6) is 5.75 Å². The number of sulfonamides is 1. The minimum atomic E-state index is -3.83. The van der Waals surface area contributed by atoms with Crippen molar-refractivity contribution in [3.05, 3.63) is 36.1 Å². The van der Waals surface area contributed by atoms with E-state index in [0.717, 1.165) is 32.1 Å². The van der Waals surface area contributed by atoms with Crippen molar-refractivity contribution in [2.45, 2.75) is 68.6 Å². The Bertz CT molecular complexity index is 1000. The van der Waals surface area contributed by atoms with Crippen molar-refractivity contribution < 1.29 is 32.5 Å². The molecular weight excluding hydrogens is 484 g/mol. The molecule has 10 heteroatoms. The Morgan fingerprint density at radius 2 is 1.83 bits per heavy atom. The monoisotopic (exact) mass is 522 g/mol. The number of hydrogen-bond acceptors (Lipinski definition) is 7. The lowest BCUT2D eigenvalue weighted by atomic mass is 9.86. The van der Waals surface area contributed by atoms with Crippen LogP contribution in [0.2, 0.25) is 0 Å². The van der Waals surface area contributed by atoms with Gasteiger partial charge < -0.3 is 24.6 Å². The average molecular weight is 523 g/mol. The highest BCUT2D eigenvalue weighted by Gasteiger charge is 2.35. The third-order valence-electron chi connectivity index (χ3n) is 7.45. The highest BCUT2D eigenvalue weighted by Crippen LogP contribution is 2.38. The van der Waals surface area contributed by atoms with Crippen molar-refractivity contribution in [2.24, 2.45) is 11.8 Å². The summed E-state index contributed by atoms with van der Waals surface area (Å²) in [6, 6.07) is 6.34. The Morgan fingerprint density at radius 3 is 2.44 bits per heavy atom. The summed E-state index contributed by atoms with van der Waals surface area (Å²) < 4.78 is 44.5. The molecule has 2 saturated carbocycles. The van der Waals surface area contributed by atoms with E-state index < -0.39 is 16.3 Å². The van der Waals surface area contributed by atoms with Crippen LogP contribution >= 0.6 is 0 Å². The fourth-order valence-electron chi connectivity index (χ4n) is 5.11. The van der Waals surface area contributed by atoms with Crippen molar-refractivity contribution in [1.82, 2.24) is 9.62 Å². The van der Waals surface area contributed by atoms with Gasteiger partial charge in [0.1, 0.15) is 5.75 Å². The molecule has 0 bridgehead atoms. The van der Waals surface area contributed by atoms with Crippen LogP contribution in [0, 0.1) is 11.8 Å². The SMILES string of the molecule is COc1ccc(S(=O)(=O)N(CCO)CCO[C@@H]2C[C@H](C3CCCC3)C=C(C(=O)NC3CCC3)O2)cc1. The molecule has 2 atom stereocenters. The predicted molar refractivity (Wildman–Crippen MR) is 134 cm³/mol. The Morgan fingerprint density at radius 1 is 1.11 bits per heavy atom. The van der Waals surface area contributed by atoms with Gasteiger partial charge in [-0.3, -0.25) is 4.79 Å². The van der Waals surface area contributed by atoms with Crippen LogP contribution in [0.25, 0.3) is 0 Å². The van der Waals surface area contributed by atoms with Gasteiger partial charge in [0, 0.05) is 25.6 Å². The van der Waals surface area contributed by atoms with Gasteiger partial charge in [0.25, 0.3) is 5.91 Å². The molecule has 36 heavy (non-hydrogen) atoms. The number of methoxy groups -OCH3 is 1. The number of aliphatic hydroxyl groups is 1. The number of aliphatic hydroxyl groups excluding tert-OH is 1.